The second kappa shape index (κ2) is 5.28. The minimum Gasteiger partial charge on any atom is -0.390 e. The van der Waals surface area contributed by atoms with Crippen LogP contribution in [0.15, 0.2) is 24.3 Å². The van der Waals surface area contributed by atoms with Crippen LogP contribution >= 0.6 is 0 Å². The first kappa shape index (κ1) is 13.2. The number of benzene rings is 1. The van der Waals surface area contributed by atoms with Crippen LogP contribution in [-0.4, -0.2) is 10.7 Å². The van der Waals surface area contributed by atoms with E-state index in [1.807, 2.05) is 0 Å². The van der Waals surface area contributed by atoms with Crippen LogP contribution in [0.2, 0.25) is 0 Å². The molecule has 0 aliphatic heterocycles. The molecule has 0 amide bonds. The molecule has 19 heavy (non-hydrogen) atoms. The van der Waals surface area contributed by atoms with Crippen molar-refractivity contribution in [2.75, 3.05) is 0 Å². The molecule has 1 aromatic carbocycles. The average molecular weight is 258 g/mol. The molecule has 2 atom stereocenters. The van der Waals surface area contributed by atoms with Gasteiger partial charge in [-0.25, -0.2) is 0 Å². The van der Waals surface area contributed by atoms with Crippen LogP contribution < -0.4 is 0 Å². The molecule has 2 fully saturated rings. The van der Waals surface area contributed by atoms with E-state index in [9.17, 15) is 5.11 Å². The molecule has 0 spiro atoms. The molecule has 2 saturated carbocycles. The standard InChI is InChI=1S/C18H26O/c1-2-14-5-7-15(8-6-14)12-18(19)11-3-4-17(13-18)16-9-10-16/h5-8,16-17,19H,2-4,9-13H2,1H3. The highest BCUT2D eigenvalue weighted by atomic mass is 16.3. The summed E-state index contributed by atoms with van der Waals surface area (Å²) >= 11 is 0. The third-order valence-corrected chi connectivity index (χ3v) is 5.11. The highest BCUT2D eigenvalue weighted by molar-refractivity contribution is 5.24. The third kappa shape index (κ3) is 3.20. The Kier molecular flexibility index (Phi) is 3.66. The van der Waals surface area contributed by atoms with E-state index in [1.165, 1.54) is 36.8 Å². The lowest BCUT2D eigenvalue weighted by Gasteiger charge is -2.37. The zero-order valence-electron chi connectivity index (χ0n) is 12.1. The van der Waals surface area contributed by atoms with Gasteiger partial charge in [-0.05, 0) is 61.5 Å². The van der Waals surface area contributed by atoms with Crippen LogP contribution in [0.25, 0.3) is 0 Å². The van der Waals surface area contributed by atoms with Crippen LogP contribution in [-0.2, 0) is 12.8 Å². The number of aliphatic hydroxyl groups is 1. The van der Waals surface area contributed by atoms with Crippen LogP contribution in [0.4, 0.5) is 0 Å². The molecule has 1 N–H and O–H groups in total. The van der Waals surface area contributed by atoms with Gasteiger partial charge in [0.1, 0.15) is 0 Å². The van der Waals surface area contributed by atoms with E-state index in [0.717, 1.165) is 37.5 Å². The fourth-order valence-corrected chi connectivity index (χ4v) is 3.79. The van der Waals surface area contributed by atoms with Gasteiger partial charge in [-0.15, -0.1) is 0 Å². The monoisotopic (exact) mass is 258 g/mol. The van der Waals surface area contributed by atoms with Crippen molar-refractivity contribution in [2.45, 2.75) is 63.9 Å². The molecule has 0 aromatic heterocycles. The van der Waals surface area contributed by atoms with Crippen LogP contribution in [0.3, 0.4) is 0 Å². The molecule has 1 aromatic rings. The van der Waals surface area contributed by atoms with Crippen molar-refractivity contribution >= 4 is 0 Å². The van der Waals surface area contributed by atoms with Gasteiger partial charge >= 0.3 is 0 Å². The van der Waals surface area contributed by atoms with Gasteiger partial charge in [-0.2, -0.15) is 0 Å². The number of aryl methyl sites for hydroxylation is 1. The van der Waals surface area contributed by atoms with E-state index in [1.54, 1.807) is 0 Å². The van der Waals surface area contributed by atoms with Crippen molar-refractivity contribution in [1.29, 1.82) is 0 Å². The first-order valence-electron chi connectivity index (χ1n) is 7.99. The summed E-state index contributed by atoms with van der Waals surface area (Å²) in [6.45, 7) is 2.18. The van der Waals surface area contributed by atoms with E-state index < -0.39 is 5.60 Å². The van der Waals surface area contributed by atoms with Gasteiger partial charge in [0.05, 0.1) is 5.60 Å². The molecule has 0 heterocycles. The number of hydrogen-bond donors (Lipinski definition) is 1. The minimum absolute atomic E-state index is 0.431. The van der Waals surface area contributed by atoms with Crippen molar-refractivity contribution < 1.29 is 5.11 Å². The summed E-state index contributed by atoms with van der Waals surface area (Å²) < 4.78 is 0. The van der Waals surface area contributed by atoms with Gasteiger partial charge in [0, 0.05) is 6.42 Å². The lowest BCUT2D eigenvalue weighted by atomic mass is 9.73. The summed E-state index contributed by atoms with van der Waals surface area (Å²) in [5, 5.41) is 10.9. The van der Waals surface area contributed by atoms with E-state index in [-0.39, 0.29) is 0 Å². The highest BCUT2D eigenvalue weighted by Crippen LogP contribution is 2.47. The predicted octanol–water partition coefficient (Wildman–Crippen LogP) is 4.12. The fraction of sp³-hybridized carbons (Fsp3) is 0.667. The maximum atomic E-state index is 10.9. The lowest BCUT2D eigenvalue weighted by molar-refractivity contribution is -0.0195. The van der Waals surface area contributed by atoms with Crippen molar-refractivity contribution in [3.8, 4) is 0 Å². The summed E-state index contributed by atoms with van der Waals surface area (Å²) in [5.41, 5.74) is 2.26. The largest absolute Gasteiger partial charge is 0.390 e. The maximum absolute atomic E-state index is 10.9. The highest BCUT2D eigenvalue weighted by Gasteiger charge is 2.40. The molecule has 2 unspecified atom stereocenters. The normalized spacial score (nSPS) is 31.4. The van der Waals surface area contributed by atoms with Gasteiger partial charge < -0.3 is 5.11 Å². The molecule has 2 aliphatic rings. The zero-order chi connectivity index (χ0) is 13.3. The van der Waals surface area contributed by atoms with Gasteiger partial charge in [-0.1, -0.05) is 37.6 Å². The topological polar surface area (TPSA) is 20.2 Å². The fourth-order valence-electron chi connectivity index (χ4n) is 3.79. The summed E-state index contributed by atoms with van der Waals surface area (Å²) in [6.07, 6.45) is 9.35. The molecule has 104 valence electrons. The van der Waals surface area contributed by atoms with Crippen molar-refractivity contribution in [1.82, 2.24) is 0 Å². The Bertz CT molecular complexity index is 418. The Hall–Kier alpha value is -0.820. The molecular weight excluding hydrogens is 232 g/mol. The average Bonchev–Trinajstić information content (AvgIpc) is 3.23. The summed E-state index contributed by atoms with van der Waals surface area (Å²) in [4.78, 5) is 0. The Morgan fingerprint density at radius 2 is 1.74 bits per heavy atom. The van der Waals surface area contributed by atoms with Gasteiger partial charge in [0.15, 0.2) is 0 Å². The van der Waals surface area contributed by atoms with Crippen molar-refractivity contribution in [3.63, 3.8) is 0 Å². The first-order valence-corrected chi connectivity index (χ1v) is 7.99. The van der Waals surface area contributed by atoms with Crippen LogP contribution in [0, 0.1) is 11.8 Å². The zero-order valence-corrected chi connectivity index (χ0v) is 12.1. The minimum atomic E-state index is -0.431. The van der Waals surface area contributed by atoms with Gasteiger partial charge in [0.2, 0.25) is 0 Å². The predicted molar refractivity (Wildman–Crippen MR) is 79.2 cm³/mol. The molecule has 0 radical (unpaired) electrons. The quantitative estimate of drug-likeness (QED) is 0.861. The SMILES string of the molecule is CCc1ccc(CC2(O)CCCC(C3CC3)C2)cc1. The Morgan fingerprint density at radius 1 is 1.05 bits per heavy atom. The van der Waals surface area contributed by atoms with Crippen LogP contribution in [0.5, 0.6) is 0 Å². The Morgan fingerprint density at radius 3 is 2.37 bits per heavy atom. The van der Waals surface area contributed by atoms with Crippen molar-refractivity contribution in [3.05, 3.63) is 35.4 Å². The summed E-state index contributed by atoms with van der Waals surface area (Å²) in [7, 11) is 0. The van der Waals surface area contributed by atoms with Gasteiger partial charge in [0.25, 0.3) is 0 Å². The molecular formula is C18H26O. The second-order valence-corrected chi connectivity index (χ2v) is 6.77. The number of rotatable bonds is 4. The van der Waals surface area contributed by atoms with Crippen molar-refractivity contribution in [2.24, 2.45) is 11.8 Å². The lowest BCUT2D eigenvalue weighted by Crippen LogP contribution is -2.38. The van der Waals surface area contributed by atoms with E-state index >= 15 is 0 Å². The van der Waals surface area contributed by atoms with E-state index in [4.69, 9.17) is 0 Å². The smallest absolute Gasteiger partial charge is 0.0690 e. The number of hydrogen-bond acceptors (Lipinski definition) is 1. The Labute approximate surface area is 117 Å². The summed E-state index contributed by atoms with van der Waals surface area (Å²) in [5.74, 6) is 1.74. The molecule has 0 saturated heterocycles. The molecule has 3 rings (SSSR count). The van der Waals surface area contributed by atoms with E-state index in [2.05, 4.69) is 31.2 Å². The van der Waals surface area contributed by atoms with Crippen LogP contribution in [0.1, 0.15) is 56.6 Å². The first-order chi connectivity index (χ1) is 9.18. The molecule has 2 aliphatic carbocycles. The summed E-state index contributed by atoms with van der Waals surface area (Å²) in [6, 6.07) is 8.83. The third-order valence-electron chi connectivity index (χ3n) is 5.11. The second-order valence-electron chi connectivity index (χ2n) is 6.77. The molecule has 0 bridgehead atoms. The Balaban J connectivity index is 1.65. The molecule has 1 nitrogen and oxygen atoms in total. The molecule has 1 heteroatoms. The maximum Gasteiger partial charge on any atom is 0.0690 e. The van der Waals surface area contributed by atoms with Gasteiger partial charge in [-0.3, -0.25) is 0 Å². The van der Waals surface area contributed by atoms with E-state index in [0.29, 0.717) is 0 Å².